The predicted octanol–water partition coefficient (Wildman–Crippen LogP) is 0.834. The molecular weight excluding hydrogens is 254 g/mol. The lowest BCUT2D eigenvalue weighted by Crippen LogP contribution is -2.51. The van der Waals surface area contributed by atoms with Crippen molar-refractivity contribution in [2.75, 3.05) is 39.4 Å². The summed E-state index contributed by atoms with van der Waals surface area (Å²) < 4.78 is 5.41. The van der Waals surface area contributed by atoms with Gasteiger partial charge in [-0.1, -0.05) is 13.8 Å². The highest BCUT2D eigenvalue weighted by Crippen LogP contribution is 2.15. The standard InChI is InChI=1S/C15H31N3O2/c1-12(2)9-13(18-5-7-20-8-6-18)10-17-14(19)15(3,4)11-16/h12-13H,5-11,16H2,1-4H3,(H,17,19). The molecule has 3 N–H and O–H groups in total. The molecule has 0 saturated carbocycles. The zero-order valence-corrected chi connectivity index (χ0v) is 13.4. The molecule has 1 unspecified atom stereocenters. The van der Waals surface area contributed by atoms with Gasteiger partial charge in [0.15, 0.2) is 0 Å². The first kappa shape index (κ1) is 17.4. The van der Waals surface area contributed by atoms with E-state index in [1.807, 2.05) is 13.8 Å². The predicted molar refractivity (Wildman–Crippen MR) is 81.5 cm³/mol. The Morgan fingerprint density at radius 1 is 1.35 bits per heavy atom. The molecule has 0 aromatic carbocycles. The first-order chi connectivity index (χ1) is 9.36. The van der Waals surface area contributed by atoms with E-state index < -0.39 is 5.41 Å². The van der Waals surface area contributed by atoms with E-state index in [0.29, 0.717) is 25.0 Å². The van der Waals surface area contributed by atoms with Gasteiger partial charge in [0.05, 0.1) is 18.6 Å². The van der Waals surface area contributed by atoms with E-state index in [4.69, 9.17) is 10.5 Å². The van der Waals surface area contributed by atoms with Crippen molar-refractivity contribution < 1.29 is 9.53 Å². The SMILES string of the molecule is CC(C)CC(CNC(=O)C(C)(C)CN)N1CCOCC1. The third kappa shape index (κ3) is 5.38. The normalized spacial score (nSPS) is 19.1. The van der Waals surface area contributed by atoms with Crippen molar-refractivity contribution in [3.8, 4) is 0 Å². The van der Waals surface area contributed by atoms with Gasteiger partial charge in [0.25, 0.3) is 0 Å². The topological polar surface area (TPSA) is 67.6 Å². The molecule has 1 atom stereocenters. The summed E-state index contributed by atoms with van der Waals surface area (Å²) in [6.07, 6.45) is 1.09. The monoisotopic (exact) mass is 285 g/mol. The molecule has 1 heterocycles. The number of amides is 1. The maximum absolute atomic E-state index is 12.1. The fraction of sp³-hybridized carbons (Fsp3) is 0.933. The summed E-state index contributed by atoms with van der Waals surface area (Å²) >= 11 is 0. The molecule has 0 spiro atoms. The van der Waals surface area contributed by atoms with Crippen LogP contribution in [0.15, 0.2) is 0 Å². The van der Waals surface area contributed by atoms with E-state index in [0.717, 1.165) is 32.7 Å². The second-order valence-electron chi connectivity index (χ2n) is 6.73. The lowest BCUT2D eigenvalue weighted by atomic mass is 9.92. The van der Waals surface area contributed by atoms with Crippen molar-refractivity contribution in [3.63, 3.8) is 0 Å². The molecule has 1 rings (SSSR count). The number of nitrogens with one attached hydrogen (secondary N) is 1. The second kappa shape index (κ2) is 7.96. The molecule has 1 aliphatic heterocycles. The molecule has 1 saturated heterocycles. The number of carbonyl (C=O) groups is 1. The Kier molecular flexibility index (Phi) is 6.92. The number of morpholine rings is 1. The van der Waals surface area contributed by atoms with Crippen molar-refractivity contribution in [1.82, 2.24) is 10.2 Å². The summed E-state index contributed by atoms with van der Waals surface area (Å²) in [5.74, 6) is 0.657. The minimum absolute atomic E-state index is 0.0435. The summed E-state index contributed by atoms with van der Waals surface area (Å²) in [6.45, 7) is 12.8. The number of hydrogen-bond acceptors (Lipinski definition) is 4. The van der Waals surface area contributed by atoms with Crippen LogP contribution in [0.5, 0.6) is 0 Å². The van der Waals surface area contributed by atoms with Gasteiger partial charge >= 0.3 is 0 Å². The van der Waals surface area contributed by atoms with Crippen LogP contribution in [0.3, 0.4) is 0 Å². The molecular formula is C15H31N3O2. The van der Waals surface area contributed by atoms with E-state index in [2.05, 4.69) is 24.1 Å². The van der Waals surface area contributed by atoms with E-state index in [-0.39, 0.29) is 5.91 Å². The van der Waals surface area contributed by atoms with Gasteiger partial charge in [-0.15, -0.1) is 0 Å². The van der Waals surface area contributed by atoms with Crippen LogP contribution in [0.25, 0.3) is 0 Å². The average molecular weight is 285 g/mol. The highest BCUT2D eigenvalue weighted by Gasteiger charge is 2.28. The second-order valence-corrected chi connectivity index (χ2v) is 6.73. The molecule has 20 heavy (non-hydrogen) atoms. The lowest BCUT2D eigenvalue weighted by Gasteiger charge is -2.36. The van der Waals surface area contributed by atoms with Crippen molar-refractivity contribution >= 4 is 5.91 Å². The molecule has 0 aromatic heterocycles. The van der Waals surface area contributed by atoms with Gasteiger partial charge in [-0.2, -0.15) is 0 Å². The van der Waals surface area contributed by atoms with Crippen LogP contribution in [0.4, 0.5) is 0 Å². The third-order valence-electron chi connectivity index (χ3n) is 3.93. The number of carbonyl (C=O) groups excluding carboxylic acids is 1. The van der Waals surface area contributed by atoms with Crippen LogP contribution in [0.2, 0.25) is 0 Å². The Morgan fingerprint density at radius 3 is 2.45 bits per heavy atom. The minimum Gasteiger partial charge on any atom is -0.379 e. The number of nitrogens with zero attached hydrogens (tertiary/aromatic N) is 1. The van der Waals surface area contributed by atoms with Crippen LogP contribution >= 0.6 is 0 Å². The van der Waals surface area contributed by atoms with E-state index >= 15 is 0 Å². The van der Waals surface area contributed by atoms with Crippen molar-refractivity contribution in [2.45, 2.75) is 40.2 Å². The van der Waals surface area contributed by atoms with Gasteiger partial charge < -0.3 is 15.8 Å². The van der Waals surface area contributed by atoms with E-state index in [9.17, 15) is 4.79 Å². The average Bonchev–Trinajstić information content (AvgIpc) is 2.43. The van der Waals surface area contributed by atoms with E-state index in [1.165, 1.54) is 0 Å². The molecule has 1 amide bonds. The summed E-state index contributed by atoms with van der Waals surface area (Å²) in [5.41, 5.74) is 5.16. The Morgan fingerprint density at radius 2 is 1.95 bits per heavy atom. The van der Waals surface area contributed by atoms with Crippen LogP contribution in [-0.4, -0.2) is 56.2 Å². The van der Waals surface area contributed by atoms with E-state index in [1.54, 1.807) is 0 Å². The van der Waals surface area contributed by atoms with Crippen LogP contribution < -0.4 is 11.1 Å². The Bertz CT molecular complexity index is 299. The molecule has 0 radical (unpaired) electrons. The van der Waals surface area contributed by atoms with Crippen molar-refractivity contribution in [1.29, 1.82) is 0 Å². The van der Waals surface area contributed by atoms with Gasteiger partial charge in [0.1, 0.15) is 0 Å². The molecule has 118 valence electrons. The maximum Gasteiger partial charge on any atom is 0.226 e. The molecule has 5 nitrogen and oxygen atoms in total. The highest BCUT2D eigenvalue weighted by atomic mass is 16.5. The number of hydrogen-bond donors (Lipinski definition) is 2. The summed E-state index contributed by atoms with van der Waals surface area (Å²) in [7, 11) is 0. The summed E-state index contributed by atoms with van der Waals surface area (Å²) in [4.78, 5) is 14.6. The van der Waals surface area contributed by atoms with Crippen molar-refractivity contribution in [3.05, 3.63) is 0 Å². The number of nitrogens with two attached hydrogens (primary N) is 1. The Balaban J connectivity index is 2.54. The molecule has 1 aliphatic rings. The summed E-state index contributed by atoms with van der Waals surface area (Å²) in [5, 5.41) is 3.08. The van der Waals surface area contributed by atoms with Crippen LogP contribution in [0, 0.1) is 11.3 Å². The van der Waals surface area contributed by atoms with Crippen LogP contribution in [-0.2, 0) is 9.53 Å². The first-order valence-corrected chi connectivity index (χ1v) is 7.67. The maximum atomic E-state index is 12.1. The highest BCUT2D eigenvalue weighted by molar-refractivity contribution is 5.82. The number of ether oxygens (including phenoxy) is 1. The molecule has 0 aliphatic carbocycles. The summed E-state index contributed by atoms with van der Waals surface area (Å²) in [6, 6.07) is 0.386. The first-order valence-electron chi connectivity index (χ1n) is 7.67. The minimum atomic E-state index is -0.493. The molecule has 1 fully saturated rings. The molecule has 0 bridgehead atoms. The number of rotatable bonds is 7. The quantitative estimate of drug-likeness (QED) is 0.727. The van der Waals surface area contributed by atoms with Crippen LogP contribution in [0.1, 0.15) is 34.1 Å². The largest absolute Gasteiger partial charge is 0.379 e. The van der Waals surface area contributed by atoms with Gasteiger partial charge in [-0.3, -0.25) is 9.69 Å². The molecule has 0 aromatic rings. The fourth-order valence-electron chi connectivity index (χ4n) is 2.39. The third-order valence-corrected chi connectivity index (χ3v) is 3.93. The lowest BCUT2D eigenvalue weighted by molar-refractivity contribution is -0.129. The van der Waals surface area contributed by atoms with Gasteiger partial charge in [0.2, 0.25) is 5.91 Å². The zero-order chi connectivity index (χ0) is 15.2. The van der Waals surface area contributed by atoms with Gasteiger partial charge in [-0.25, -0.2) is 0 Å². The van der Waals surface area contributed by atoms with Gasteiger partial charge in [-0.05, 0) is 26.2 Å². The van der Waals surface area contributed by atoms with Crippen molar-refractivity contribution in [2.24, 2.45) is 17.1 Å². The zero-order valence-electron chi connectivity index (χ0n) is 13.4. The molecule has 5 heteroatoms. The Labute approximate surface area is 123 Å². The fourth-order valence-corrected chi connectivity index (χ4v) is 2.39. The smallest absolute Gasteiger partial charge is 0.226 e. The Hall–Kier alpha value is -0.650. The van der Waals surface area contributed by atoms with Gasteiger partial charge in [0, 0.05) is 32.2 Å².